The van der Waals surface area contributed by atoms with E-state index < -0.39 is 0 Å². The van der Waals surface area contributed by atoms with Crippen LogP contribution in [-0.2, 0) is 12.8 Å². The number of hydrogen-bond acceptors (Lipinski definition) is 6. The Kier molecular flexibility index (Phi) is 4.15. The van der Waals surface area contributed by atoms with Crippen LogP contribution in [0.4, 0.5) is 5.95 Å². The fourth-order valence-corrected chi connectivity index (χ4v) is 3.95. The molecule has 1 fully saturated rings. The maximum atomic E-state index is 13.3. The normalized spacial score (nSPS) is 20.4. The van der Waals surface area contributed by atoms with Crippen LogP contribution in [0.25, 0.3) is 0 Å². The van der Waals surface area contributed by atoms with Crippen LogP contribution in [0.3, 0.4) is 0 Å². The lowest BCUT2D eigenvalue weighted by Crippen LogP contribution is -2.40. The van der Waals surface area contributed by atoms with E-state index in [9.17, 15) is 4.79 Å². The first-order chi connectivity index (χ1) is 12.1. The van der Waals surface area contributed by atoms with Crippen molar-refractivity contribution in [2.24, 2.45) is 0 Å². The maximum absolute atomic E-state index is 13.3. The van der Waals surface area contributed by atoms with E-state index in [1.807, 2.05) is 17.9 Å². The van der Waals surface area contributed by atoms with E-state index in [2.05, 4.69) is 15.1 Å². The Bertz CT molecular complexity index is 801. The highest BCUT2D eigenvalue weighted by Crippen LogP contribution is 2.33. The average molecular weight is 341 g/mol. The topological polar surface area (TPSA) is 98.1 Å². The second kappa shape index (κ2) is 6.46. The molecule has 1 aliphatic heterocycles. The third-order valence-electron chi connectivity index (χ3n) is 5.15. The highest BCUT2D eigenvalue weighted by Gasteiger charge is 2.33. The number of anilines is 1. The Hall–Kier alpha value is -2.44. The third kappa shape index (κ3) is 2.99. The molecule has 2 aromatic heterocycles. The lowest BCUT2D eigenvalue weighted by atomic mass is 9.93. The quantitative estimate of drug-likeness (QED) is 0.901. The van der Waals surface area contributed by atoms with Gasteiger partial charge in [-0.3, -0.25) is 4.79 Å². The molecule has 1 saturated heterocycles. The third-order valence-corrected chi connectivity index (χ3v) is 5.15. The van der Waals surface area contributed by atoms with Gasteiger partial charge in [-0.1, -0.05) is 5.16 Å². The number of aromatic nitrogens is 3. The van der Waals surface area contributed by atoms with Crippen LogP contribution in [0.2, 0.25) is 0 Å². The van der Waals surface area contributed by atoms with Crippen LogP contribution in [0.1, 0.15) is 71.3 Å². The van der Waals surface area contributed by atoms with E-state index in [0.717, 1.165) is 67.7 Å². The smallest absolute Gasteiger partial charge is 0.273 e. The molecule has 3 heterocycles. The Morgan fingerprint density at radius 2 is 2.08 bits per heavy atom. The highest BCUT2D eigenvalue weighted by atomic mass is 16.5. The second-order valence-corrected chi connectivity index (χ2v) is 6.94. The summed E-state index contributed by atoms with van der Waals surface area (Å²) in [5.74, 6) is 0.893. The van der Waals surface area contributed by atoms with Gasteiger partial charge in [0.25, 0.3) is 5.91 Å². The van der Waals surface area contributed by atoms with Gasteiger partial charge < -0.3 is 15.2 Å². The molecule has 0 bridgehead atoms. The van der Waals surface area contributed by atoms with E-state index in [-0.39, 0.29) is 17.9 Å². The Morgan fingerprint density at radius 3 is 2.88 bits per heavy atom. The number of rotatable bonds is 2. The summed E-state index contributed by atoms with van der Waals surface area (Å²) in [6, 6.07) is 1.86. The maximum Gasteiger partial charge on any atom is 0.273 e. The van der Waals surface area contributed by atoms with Crippen LogP contribution in [0.15, 0.2) is 10.6 Å². The van der Waals surface area contributed by atoms with Gasteiger partial charge in [0.1, 0.15) is 17.1 Å². The summed E-state index contributed by atoms with van der Waals surface area (Å²) < 4.78 is 5.23. The number of hydrogen-bond donors (Lipinski definition) is 1. The van der Waals surface area contributed by atoms with Crippen LogP contribution < -0.4 is 5.73 Å². The van der Waals surface area contributed by atoms with Crippen molar-refractivity contribution in [1.29, 1.82) is 0 Å². The molecule has 0 unspecified atom stereocenters. The van der Waals surface area contributed by atoms with E-state index >= 15 is 0 Å². The van der Waals surface area contributed by atoms with E-state index in [1.165, 1.54) is 0 Å². The second-order valence-electron chi connectivity index (χ2n) is 6.94. The number of fused-ring (bicyclic) bond motifs is 1. The molecule has 7 nitrogen and oxygen atoms in total. The van der Waals surface area contributed by atoms with E-state index in [1.54, 1.807) is 0 Å². The number of aryl methyl sites for hydroxylation is 2. The van der Waals surface area contributed by atoms with Crippen molar-refractivity contribution >= 4 is 11.9 Å². The minimum absolute atomic E-state index is 0.0578. The lowest BCUT2D eigenvalue weighted by molar-refractivity contribution is 0.0594. The summed E-state index contributed by atoms with van der Waals surface area (Å²) in [6.45, 7) is 2.57. The molecule has 1 atom stereocenters. The molecule has 0 saturated carbocycles. The number of nitrogen functional groups attached to an aromatic ring is 1. The Balaban J connectivity index is 1.70. The van der Waals surface area contributed by atoms with E-state index in [4.69, 9.17) is 10.3 Å². The number of carbonyl (C=O) groups excluding carboxylic acids is 1. The van der Waals surface area contributed by atoms with Gasteiger partial charge in [-0.05, 0) is 51.9 Å². The van der Waals surface area contributed by atoms with Crippen molar-refractivity contribution in [1.82, 2.24) is 20.0 Å². The molecule has 2 aromatic rings. The summed E-state index contributed by atoms with van der Waals surface area (Å²) in [4.78, 5) is 23.9. The molecule has 25 heavy (non-hydrogen) atoms. The number of carbonyl (C=O) groups is 1. The molecule has 0 aromatic carbocycles. The lowest BCUT2D eigenvalue weighted by Gasteiger charge is -2.35. The molecular formula is C18H23N5O2. The van der Waals surface area contributed by atoms with Gasteiger partial charge in [-0.2, -0.15) is 0 Å². The SMILES string of the molecule is Cc1cc([C@H]2CCCCN2C(=O)c2nc(N)nc3c2CCCC3)no1. The molecule has 7 heteroatoms. The zero-order chi connectivity index (χ0) is 17.4. The first-order valence-corrected chi connectivity index (χ1v) is 9.03. The minimum atomic E-state index is -0.0610. The number of piperidine rings is 1. The van der Waals surface area contributed by atoms with Crippen molar-refractivity contribution in [3.8, 4) is 0 Å². The molecule has 2 aliphatic rings. The standard InChI is InChI=1S/C18H23N5O2/c1-11-10-14(22-25-11)15-8-4-5-9-23(15)17(24)16-12-6-2-3-7-13(12)20-18(19)21-16/h10,15H,2-9H2,1H3,(H2,19,20,21)/t15-/m1/s1. The van der Waals surface area contributed by atoms with Gasteiger partial charge in [0.15, 0.2) is 0 Å². The van der Waals surface area contributed by atoms with Crippen LogP contribution in [0, 0.1) is 6.92 Å². The Morgan fingerprint density at radius 1 is 1.24 bits per heavy atom. The van der Waals surface area contributed by atoms with Gasteiger partial charge in [0.05, 0.1) is 6.04 Å². The van der Waals surface area contributed by atoms with Crippen molar-refractivity contribution in [2.75, 3.05) is 12.3 Å². The molecule has 1 aliphatic carbocycles. The molecule has 1 amide bonds. The van der Waals surface area contributed by atoms with Gasteiger partial charge in [-0.15, -0.1) is 0 Å². The van der Waals surface area contributed by atoms with Crippen LogP contribution >= 0.6 is 0 Å². The summed E-state index contributed by atoms with van der Waals surface area (Å²) in [5, 5.41) is 4.14. The van der Waals surface area contributed by atoms with Crippen molar-refractivity contribution in [2.45, 2.75) is 57.9 Å². The average Bonchev–Trinajstić information content (AvgIpc) is 3.06. The minimum Gasteiger partial charge on any atom is -0.368 e. The molecular weight excluding hydrogens is 318 g/mol. The number of nitrogens with zero attached hydrogens (tertiary/aromatic N) is 4. The summed E-state index contributed by atoms with van der Waals surface area (Å²) >= 11 is 0. The summed E-state index contributed by atoms with van der Waals surface area (Å²) in [6.07, 6.45) is 6.81. The number of nitrogens with two attached hydrogens (primary N) is 1. The zero-order valence-electron chi connectivity index (χ0n) is 14.5. The molecule has 4 rings (SSSR count). The number of likely N-dealkylation sites (tertiary alicyclic amines) is 1. The first kappa shape index (κ1) is 16.1. The molecule has 2 N–H and O–H groups in total. The molecule has 132 valence electrons. The summed E-state index contributed by atoms with van der Waals surface area (Å²) in [5.41, 5.74) is 9.10. The first-order valence-electron chi connectivity index (χ1n) is 9.03. The molecule has 0 spiro atoms. The van der Waals surface area contributed by atoms with Gasteiger partial charge in [-0.25, -0.2) is 9.97 Å². The van der Waals surface area contributed by atoms with Crippen LogP contribution in [0.5, 0.6) is 0 Å². The summed E-state index contributed by atoms with van der Waals surface area (Å²) in [7, 11) is 0. The zero-order valence-corrected chi connectivity index (χ0v) is 14.5. The predicted molar refractivity (Wildman–Crippen MR) is 92.0 cm³/mol. The van der Waals surface area contributed by atoms with Crippen molar-refractivity contribution in [3.05, 3.63) is 34.5 Å². The van der Waals surface area contributed by atoms with Gasteiger partial charge in [0, 0.05) is 23.9 Å². The van der Waals surface area contributed by atoms with Gasteiger partial charge >= 0.3 is 0 Å². The largest absolute Gasteiger partial charge is 0.368 e. The number of amides is 1. The highest BCUT2D eigenvalue weighted by molar-refractivity contribution is 5.94. The molecule has 0 radical (unpaired) electrons. The van der Waals surface area contributed by atoms with Gasteiger partial charge in [0.2, 0.25) is 5.95 Å². The van der Waals surface area contributed by atoms with Crippen molar-refractivity contribution < 1.29 is 9.32 Å². The van der Waals surface area contributed by atoms with Crippen LogP contribution in [-0.4, -0.2) is 32.5 Å². The monoisotopic (exact) mass is 341 g/mol. The fourth-order valence-electron chi connectivity index (χ4n) is 3.95. The van der Waals surface area contributed by atoms with E-state index in [0.29, 0.717) is 12.2 Å². The predicted octanol–water partition coefficient (Wildman–Crippen LogP) is 2.60. The Labute approximate surface area is 146 Å². The fraction of sp³-hybridized carbons (Fsp3) is 0.556. The van der Waals surface area contributed by atoms with Crippen molar-refractivity contribution in [3.63, 3.8) is 0 Å².